The highest BCUT2D eigenvalue weighted by Crippen LogP contribution is 2.31. The predicted molar refractivity (Wildman–Crippen MR) is 75.5 cm³/mol. The lowest BCUT2D eigenvalue weighted by molar-refractivity contribution is -0.137. The molecule has 1 heterocycles. The minimum Gasteiger partial charge on any atom is -0.335 e. The fourth-order valence-corrected chi connectivity index (χ4v) is 2.91. The lowest BCUT2D eigenvalue weighted by atomic mass is 9.96. The van der Waals surface area contributed by atoms with Gasteiger partial charge >= 0.3 is 0 Å². The van der Waals surface area contributed by atoms with Crippen molar-refractivity contribution in [3.8, 4) is 0 Å². The Morgan fingerprint density at radius 3 is 2.58 bits per heavy atom. The topological polar surface area (TPSA) is 32.3 Å². The second kappa shape index (κ2) is 5.33. The molecule has 19 heavy (non-hydrogen) atoms. The molecule has 1 N–H and O–H groups in total. The van der Waals surface area contributed by atoms with Gasteiger partial charge in [-0.25, -0.2) is 0 Å². The second-order valence-corrected chi connectivity index (χ2v) is 5.92. The maximum absolute atomic E-state index is 12.7. The number of nitrogens with one attached hydrogen (secondary N) is 1. The van der Waals surface area contributed by atoms with Crippen LogP contribution in [-0.2, 0) is 11.3 Å². The van der Waals surface area contributed by atoms with E-state index in [0.29, 0.717) is 17.9 Å². The fourth-order valence-electron chi connectivity index (χ4n) is 2.91. The molecule has 0 aromatic heterocycles. The maximum Gasteiger partial charge on any atom is 0.227 e. The van der Waals surface area contributed by atoms with Crippen molar-refractivity contribution in [2.24, 2.45) is 11.8 Å². The van der Waals surface area contributed by atoms with E-state index in [0.717, 1.165) is 19.6 Å². The molecule has 2 fully saturated rings. The Balaban J connectivity index is 1.72. The molecule has 1 saturated carbocycles. The van der Waals surface area contributed by atoms with Gasteiger partial charge < -0.3 is 10.2 Å². The predicted octanol–water partition coefficient (Wildman–Crippen LogP) is 2.03. The molecule has 2 aliphatic rings. The summed E-state index contributed by atoms with van der Waals surface area (Å²) in [5, 5.41) is 3.33. The van der Waals surface area contributed by atoms with Crippen LogP contribution < -0.4 is 5.32 Å². The number of amides is 1. The highest BCUT2D eigenvalue weighted by Gasteiger charge is 2.39. The summed E-state index contributed by atoms with van der Waals surface area (Å²) in [5.41, 5.74) is 1.24. The SMILES string of the molecule is C[C@@H]1CNC[C@H]1C(=O)N(Cc1ccccc1)C1CC1. The summed E-state index contributed by atoms with van der Waals surface area (Å²) in [7, 11) is 0. The molecule has 0 spiro atoms. The Kier molecular flexibility index (Phi) is 3.56. The van der Waals surface area contributed by atoms with Crippen LogP contribution >= 0.6 is 0 Å². The van der Waals surface area contributed by atoms with Crippen molar-refractivity contribution in [3.05, 3.63) is 35.9 Å². The smallest absolute Gasteiger partial charge is 0.227 e. The molecule has 1 aliphatic heterocycles. The molecule has 1 amide bonds. The van der Waals surface area contributed by atoms with Crippen molar-refractivity contribution in [1.82, 2.24) is 10.2 Å². The van der Waals surface area contributed by atoms with Crippen LogP contribution in [-0.4, -0.2) is 29.9 Å². The number of hydrogen-bond acceptors (Lipinski definition) is 2. The first kappa shape index (κ1) is 12.7. The molecule has 0 unspecified atom stereocenters. The van der Waals surface area contributed by atoms with Crippen molar-refractivity contribution in [1.29, 1.82) is 0 Å². The number of hydrogen-bond donors (Lipinski definition) is 1. The summed E-state index contributed by atoms with van der Waals surface area (Å²) in [4.78, 5) is 14.8. The monoisotopic (exact) mass is 258 g/mol. The molecule has 1 aliphatic carbocycles. The summed E-state index contributed by atoms with van der Waals surface area (Å²) in [6, 6.07) is 10.8. The molecule has 1 aromatic rings. The first-order valence-corrected chi connectivity index (χ1v) is 7.31. The lowest BCUT2D eigenvalue weighted by Crippen LogP contribution is -2.39. The number of rotatable bonds is 4. The zero-order valence-electron chi connectivity index (χ0n) is 11.5. The molecular formula is C16H22N2O. The quantitative estimate of drug-likeness (QED) is 0.896. The largest absolute Gasteiger partial charge is 0.335 e. The standard InChI is InChI=1S/C16H22N2O/c1-12-9-17-10-15(12)16(19)18(14-7-8-14)11-13-5-3-2-4-6-13/h2-6,12,14-15,17H,7-11H2,1H3/t12-,15-/m1/s1. The lowest BCUT2D eigenvalue weighted by Gasteiger charge is -2.27. The Morgan fingerprint density at radius 1 is 1.26 bits per heavy atom. The highest BCUT2D eigenvalue weighted by atomic mass is 16.2. The van der Waals surface area contributed by atoms with Crippen LogP contribution in [0.1, 0.15) is 25.3 Å². The maximum atomic E-state index is 12.7. The zero-order valence-corrected chi connectivity index (χ0v) is 11.5. The van der Waals surface area contributed by atoms with Crippen LogP contribution in [0.4, 0.5) is 0 Å². The van der Waals surface area contributed by atoms with E-state index in [1.165, 1.54) is 18.4 Å². The van der Waals surface area contributed by atoms with Gasteiger partial charge in [0.05, 0.1) is 5.92 Å². The first-order chi connectivity index (χ1) is 9.25. The molecule has 0 radical (unpaired) electrons. The van der Waals surface area contributed by atoms with E-state index >= 15 is 0 Å². The van der Waals surface area contributed by atoms with E-state index in [1.807, 2.05) is 18.2 Å². The van der Waals surface area contributed by atoms with Gasteiger partial charge in [0, 0.05) is 19.1 Å². The number of carbonyl (C=O) groups excluding carboxylic acids is 1. The minimum atomic E-state index is 0.171. The van der Waals surface area contributed by atoms with Crippen LogP contribution in [0.5, 0.6) is 0 Å². The zero-order chi connectivity index (χ0) is 13.2. The normalized spacial score (nSPS) is 26.4. The molecular weight excluding hydrogens is 236 g/mol. The Morgan fingerprint density at radius 2 is 2.00 bits per heavy atom. The van der Waals surface area contributed by atoms with Crippen molar-refractivity contribution in [3.63, 3.8) is 0 Å². The van der Waals surface area contributed by atoms with E-state index < -0.39 is 0 Å². The van der Waals surface area contributed by atoms with Gasteiger partial charge in [0.2, 0.25) is 5.91 Å². The highest BCUT2D eigenvalue weighted by molar-refractivity contribution is 5.80. The number of benzene rings is 1. The molecule has 3 rings (SSSR count). The second-order valence-electron chi connectivity index (χ2n) is 5.92. The molecule has 1 saturated heterocycles. The van der Waals surface area contributed by atoms with Crippen LogP contribution in [0.15, 0.2) is 30.3 Å². The number of carbonyl (C=O) groups is 1. The Bertz CT molecular complexity index is 441. The van der Waals surface area contributed by atoms with Gasteiger partial charge in [0.15, 0.2) is 0 Å². The van der Waals surface area contributed by atoms with Gasteiger partial charge in [-0.2, -0.15) is 0 Å². The Labute approximate surface area is 115 Å². The van der Waals surface area contributed by atoms with Gasteiger partial charge in [-0.15, -0.1) is 0 Å². The fraction of sp³-hybridized carbons (Fsp3) is 0.562. The molecule has 3 heteroatoms. The van der Waals surface area contributed by atoms with Crippen LogP contribution in [0, 0.1) is 11.8 Å². The third-order valence-electron chi connectivity index (χ3n) is 4.30. The first-order valence-electron chi connectivity index (χ1n) is 7.31. The van der Waals surface area contributed by atoms with E-state index in [4.69, 9.17) is 0 Å². The molecule has 2 atom stereocenters. The molecule has 0 bridgehead atoms. The van der Waals surface area contributed by atoms with Gasteiger partial charge in [-0.1, -0.05) is 37.3 Å². The molecule has 102 valence electrons. The summed E-state index contributed by atoms with van der Waals surface area (Å²) in [5.74, 6) is 0.984. The van der Waals surface area contributed by atoms with Crippen molar-refractivity contribution in [2.75, 3.05) is 13.1 Å². The average molecular weight is 258 g/mol. The van der Waals surface area contributed by atoms with Crippen molar-refractivity contribution < 1.29 is 4.79 Å². The van der Waals surface area contributed by atoms with E-state index in [2.05, 4.69) is 29.3 Å². The summed E-state index contributed by atoms with van der Waals surface area (Å²) < 4.78 is 0. The van der Waals surface area contributed by atoms with Crippen LogP contribution in [0.2, 0.25) is 0 Å². The summed E-state index contributed by atoms with van der Waals surface area (Å²) >= 11 is 0. The summed E-state index contributed by atoms with van der Waals surface area (Å²) in [6.07, 6.45) is 2.35. The van der Waals surface area contributed by atoms with Crippen molar-refractivity contribution in [2.45, 2.75) is 32.4 Å². The van der Waals surface area contributed by atoms with Crippen LogP contribution in [0.25, 0.3) is 0 Å². The van der Waals surface area contributed by atoms with E-state index in [9.17, 15) is 4.79 Å². The van der Waals surface area contributed by atoms with E-state index in [1.54, 1.807) is 0 Å². The van der Waals surface area contributed by atoms with Crippen LogP contribution in [0.3, 0.4) is 0 Å². The van der Waals surface area contributed by atoms with E-state index in [-0.39, 0.29) is 5.92 Å². The van der Waals surface area contributed by atoms with Gasteiger partial charge in [-0.05, 0) is 30.9 Å². The third-order valence-corrected chi connectivity index (χ3v) is 4.30. The van der Waals surface area contributed by atoms with Crippen molar-refractivity contribution >= 4 is 5.91 Å². The minimum absolute atomic E-state index is 0.171. The summed E-state index contributed by atoms with van der Waals surface area (Å²) in [6.45, 7) is 4.77. The Hall–Kier alpha value is -1.35. The number of nitrogens with zero attached hydrogens (tertiary/aromatic N) is 1. The average Bonchev–Trinajstić information content (AvgIpc) is 3.18. The third kappa shape index (κ3) is 2.81. The van der Waals surface area contributed by atoms with Gasteiger partial charge in [0.25, 0.3) is 0 Å². The van der Waals surface area contributed by atoms with Gasteiger partial charge in [0.1, 0.15) is 0 Å². The molecule has 1 aromatic carbocycles. The van der Waals surface area contributed by atoms with Gasteiger partial charge in [-0.3, -0.25) is 4.79 Å². The molecule has 3 nitrogen and oxygen atoms in total.